The minimum Gasteiger partial charge on any atom is -0.480 e. The van der Waals surface area contributed by atoms with E-state index in [1.165, 1.54) is 12.1 Å². The molecule has 0 spiro atoms. The van der Waals surface area contributed by atoms with Crippen molar-refractivity contribution in [3.05, 3.63) is 42.5 Å². The summed E-state index contributed by atoms with van der Waals surface area (Å²) < 4.78 is 26.1. The third kappa shape index (κ3) is 2.96. The lowest BCUT2D eigenvalue weighted by Crippen LogP contribution is -2.43. The van der Waals surface area contributed by atoms with Crippen LogP contribution >= 0.6 is 0 Å². The fraction of sp³-hybridized carbons (Fsp3) is 0.154. The number of rotatable bonds is 5. The van der Waals surface area contributed by atoms with Gasteiger partial charge in [0.05, 0.1) is 11.5 Å². The van der Waals surface area contributed by atoms with Crippen molar-refractivity contribution in [2.45, 2.75) is 10.9 Å². The van der Waals surface area contributed by atoms with Crippen molar-refractivity contribution in [3.8, 4) is 0 Å². The van der Waals surface area contributed by atoms with Crippen molar-refractivity contribution in [2.75, 3.05) is 6.61 Å². The minimum absolute atomic E-state index is 0.0455. The predicted molar refractivity (Wildman–Crippen MR) is 72.8 cm³/mol. The lowest BCUT2D eigenvalue weighted by atomic mass is 10.1. The molecule has 1 unspecified atom stereocenters. The molecule has 0 aromatic heterocycles. The molecule has 0 fully saturated rings. The molecule has 0 aliphatic carbocycles. The molecule has 0 aliphatic heterocycles. The molecule has 6 nitrogen and oxygen atoms in total. The SMILES string of the molecule is O=C(O)C(CO)NS(=O)(=O)c1ccc2ccccc2c1. The van der Waals surface area contributed by atoms with Gasteiger partial charge in [0.25, 0.3) is 0 Å². The van der Waals surface area contributed by atoms with Crippen molar-refractivity contribution in [3.63, 3.8) is 0 Å². The van der Waals surface area contributed by atoms with Gasteiger partial charge in [-0.2, -0.15) is 4.72 Å². The maximum Gasteiger partial charge on any atom is 0.324 e. The first-order valence-corrected chi connectivity index (χ1v) is 7.27. The Morgan fingerprint density at radius 2 is 1.80 bits per heavy atom. The molecule has 3 N–H and O–H groups in total. The molecule has 106 valence electrons. The number of hydrogen-bond donors (Lipinski definition) is 3. The van der Waals surface area contributed by atoms with Crippen LogP contribution < -0.4 is 4.72 Å². The molecule has 2 aromatic carbocycles. The average Bonchev–Trinajstić information content (AvgIpc) is 2.44. The van der Waals surface area contributed by atoms with E-state index in [1.54, 1.807) is 18.2 Å². The number of carboxylic acid groups (broad SMARTS) is 1. The number of aliphatic carboxylic acids is 1. The van der Waals surface area contributed by atoms with Crippen molar-refractivity contribution >= 4 is 26.8 Å². The number of carboxylic acids is 1. The van der Waals surface area contributed by atoms with Crippen LogP contribution in [0.3, 0.4) is 0 Å². The van der Waals surface area contributed by atoms with Gasteiger partial charge in [0.2, 0.25) is 10.0 Å². The zero-order chi connectivity index (χ0) is 14.8. The van der Waals surface area contributed by atoms with Gasteiger partial charge in [-0.05, 0) is 22.9 Å². The van der Waals surface area contributed by atoms with Crippen LogP contribution in [-0.4, -0.2) is 37.2 Å². The second-order valence-corrected chi connectivity index (χ2v) is 5.92. The summed E-state index contributed by atoms with van der Waals surface area (Å²) in [5.74, 6) is -1.43. The summed E-state index contributed by atoms with van der Waals surface area (Å²) in [6.45, 7) is -0.817. The summed E-state index contributed by atoms with van der Waals surface area (Å²) in [6, 6.07) is 10.1. The van der Waals surface area contributed by atoms with E-state index in [0.717, 1.165) is 10.8 Å². The fourth-order valence-corrected chi connectivity index (χ4v) is 2.97. The van der Waals surface area contributed by atoms with E-state index >= 15 is 0 Å². The second kappa shape index (κ2) is 5.58. The summed E-state index contributed by atoms with van der Waals surface area (Å²) >= 11 is 0. The van der Waals surface area contributed by atoms with Crippen molar-refractivity contribution < 1.29 is 23.4 Å². The maximum atomic E-state index is 12.1. The summed E-state index contributed by atoms with van der Waals surface area (Å²) in [5, 5.41) is 19.2. The monoisotopic (exact) mass is 295 g/mol. The van der Waals surface area contributed by atoms with E-state index in [9.17, 15) is 13.2 Å². The van der Waals surface area contributed by atoms with Crippen LogP contribution in [0, 0.1) is 0 Å². The zero-order valence-electron chi connectivity index (χ0n) is 10.4. The van der Waals surface area contributed by atoms with E-state index < -0.39 is 28.6 Å². The van der Waals surface area contributed by atoms with Gasteiger partial charge in [0.1, 0.15) is 6.04 Å². The van der Waals surface area contributed by atoms with E-state index in [2.05, 4.69) is 0 Å². The molecule has 0 saturated carbocycles. The molecule has 0 radical (unpaired) electrons. The molecule has 0 bridgehead atoms. The van der Waals surface area contributed by atoms with Gasteiger partial charge in [-0.3, -0.25) is 4.79 Å². The molecular formula is C13H13NO5S. The number of fused-ring (bicyclic) bond motifs is 1. The maximum absolute atomic E-state index is 12.1. The fourth-order valence-electron chi connectivity index (χ4n) is 1.76. The van der Waals surface area contributed by atoms with Crippen molar-refractivity contribution in [1.82, 2.24) is 4.72 Å². The van der Waals surface area contributed by atoms with Crippen LogP contribution in [0.25, 0.3) is 10.8 Å². The summed E-state index contributed by atoms with van der Waals surface area (Å²) in [7, 11) is -4.00. The third-order valence-corrected chi connectivity index (χ3v) is 4.28. The first-order valence-electron chi connectivity index (χ1n) is 5.79. The number of carbonyl (C=O) groups is 1. The Hall–Kier alpha value is -1.96. The Balaban J connectivity index is 2.38. The van der Waals surface area contributed by atoms with Crippen LogP contribution in [0.4, 0.5) is 0 Å². The quantitative estimate of drug-likeness (QED) is 0.748. The Morgan fingerprint density at radius 1 is 1.15 bits per heavy atom. The smallest absolute Gasteiger partial charge is 0.324 e. The third-order valence-electron chi connectivity index (χ3n) is 2.81. The summed E-state index contributed by atoms with van der Waals surface area (Å²) in [5.41, 5.74) is 0. The number of aliphatic hydroxyl groups excluding tert-OH is 1. The van der Waals surface area contributed by atoms with Gasteiger partial charge in [-0.15, -0.1) is 0 Å². The number of benzene rings is 2. The van der Waals surface area contributed by atoms with E-state index in [-0.39, 0.29) is 4.90 Å². The van der Waals surface area contributed by atoms with E-state index in [4.69, 9.17) is 10.2 Å². The molecule has 2 rings (SSSR count). The van der Waals surface area contributed by atoms with E-state index in [0.29, 0.717) is 0 Å². The van der Waals surface area contributed by atoms with Crippen LogP contribution in [0.2, 0.25) is 0 Å². The first-order chi connectivity index (χ1) is 9.44. The molecule has 1 atom stereocenters. The lowest BCUT2D eigenvalue weighted by molar-refractivity contribution is -0.139. The molecule has 0 heterocycles. The molecule has 20 heavy (non-hydrogen) atoms. The molecule has 7 heteroatoms. The second-order valence-electron chi connectivity index (χ2n) is 4.20. The Morgan fingerprint density at radius 3 is 2.40 bits per heavy atom. The van der Waals surface area contributed by atoms with Gasteiger partial charge in [-0.25, -0.2) is 8.42 Å². The number of sulfonamides is 1. The molecule has 0 saturated heterocycles. The van der Waals surface area contributed by atoms with Gasteiger partial charge < -0.3 is 10.2 Å². The molecule has 0 amide bonds. The first kappa shape index (κ1) is 14.4. The highest BCUT2D eigenvalue weighted by molar-refractivity contribution is 7.89. The summed E-state index contributed by atoms with van der Waals surface area (Å²) in [6.07, 6.45) is 0. The zero-order valence-corrected chi connectivity index (χ0v) is 11.2. The Labute approximate surface area is 115 Å². The van der Waals surface area contributed by atoms with Crippen LogP contribution in [0.15, 0.2) is 47.4 Å². The minimum atomic E-state index is -4.00. The van der Waals surface area contributed by atoms with Crippen LogP contribution in [-0.2, 0) is 14.8 Å². The van der Waals surface area contributed by atoms with Crippen LogP contribution in [0.5, 0.6) is 0 Å². The number of nitrogens with one attached hydrogen (secondary N) is 1. The topological polar surface area (TPSA) is 104 Å². The number of aliphatic hydroxyl groups is 1. The highest BCUT2D eigenvalue weighted by atomic mass is 32.2. The largest absolute Gasteiger partial charge is 0.480 e. The van der Waals surface area contributed by atoms with Gasteiger partial charge in [0, 0.05) is 0 Å². The van der Waals surface area contributed by atoms with Gasteiger partial charge in [-0.1, -0.05) is 30.3 Å². The number of hydrogen-bond acceptors (Lipinski definition) is 4. The summed E-state index contributed by atoms with van der Waals surface area (Å²) in [4.78, 5) is 10.7. The van der Waals surface area contributed by atoms with Gasteiger partial charge >= 0.3 is 5.97 Å². The standard InChI is InChI=1S/C13H13NO5S/c15-8-12(13(16)17)14-20(18,19)11-6-5-9-3-1-2-4-10(9)7-11/h1-7,12,14-15H,8H2,(H,16,17). The Bertz CT molecular complexity index is 741. The van der Waals surface area contributed by atoms with Crippen molar-refractivity contribution in [2.24, 2.45) is 0 Å². The van der Waals surface area contributed by atoms with E-state index in [1.807, 2.05) is 16.9 Å². The molecular weight excluding hydrogens is 282 g/mol. The lowest BCUT2D eigenvalue weighted by Gasteiger charge is -2.12. The van der Waals surface area contributed by atoms with Gasteiger partial charge in [0.15, 0.2) is 0 Å². The van der Waals surface area contributed by atoms with Crippen molar-refractivity contribution in [1.29, 1.82) is 0 Å². The Kier molecular flexibility index (Phi) is 4.03. The molecule has 2 aromatic rings. The normalized spacial score (nSPS) is 13.2. The predicted octanol–water partition coefficient (Wildman–Crippen LogP) is 0.564. The van der Waals surface area contributed by atoms with Crippen LogP contribution in [0.1, 0.15) is 0 Å². The average molecular weight is 295 g/mol. The molecule has 0 aliphatic rings. The highest BCUT2D eigenvalue weighted by Gasteiger charge is 2.24. The highest BCUT2D eigenvalue weighted by Crippen LogP contribution is 2.19.